The average molecular weight is 886 g/mol. The van der Waals surface area contributed by atoms with Crippen LogP contribution in [0.5, 0.6) is 11.6 Å². The van der Waals surface area contributed by atoms with E-state index in [4.69, 9.17) is 19.2 Å². The van der Waals surface area contributed by atoms with Gasteiger partial charge in [0.2, 0.25) is 27.7 Å². The van der Waals surface area contributed by atoms with Crippen molar-refractivity contribution in [1.82, 2.24) is 25.2 Å². The molecule has 4 saturated carbocycles. The summed E-state index contributed by atoms with van der Waals surface area (Å²) in [5, 5.41) is 7.19. The Morgan fingerprint density at radius 2 is 1.71 bits per heavy atom. The molecule has 0 spiro atoms. The Labute approximate surface area is 367 Å². The molecule has 9 rings (SSSR count). The maximum Gasteiger partial charge on any atom is 0.408 e. The van der Waals surface area contributed by atoms with Gasteiger partial charge >= 0.3 is 6.09 Å². The van der Waals surface area contributed by atoms with E-state index in [1.165, 1.54) is 17.0 Å². The number of pyridine rings is 1. The molecular formula is C47H56FN5O9S. The van der Waals surface area contributed by atoms with Crippen LogP contribution < -0.4 is 24.8 Å². The molecule has 5 fully saturated rings. The third kappa shape index (κ3) is 8.71. The lowest BCUT2D eigenvalue weighted by Crippen LogP contribution is -2.59. The molecule has 1 aromatic heterocycles. The van der Waals surface area contributed by atoms with Crippen LogP contribution in [0.4, 0.5) is 9.18 Å². The highest BCUT2D eigenvalue weighted by Gasteiger charge is 2.63. The van der Waals surface area contributed by atoms with Gasteiger partial charge in [-0.15, -0.1) is 0 Å². The fourth-order valence-corrected chi connectivity index (χ4v) is 11.3. The number of halogens is 1. The van der Waals surface area contributed by atoms with Gasteiger partial charge in [0.25, 0.3) is 5.91 Å². The quantitative estimate of drug-likeness (QED) is 0.210. The summed E-state index contributed by atoms with van der Waals surface area (Å²) in [6, 6.07) is 10.9. The van der Waals surface area contributed by atoms with Crippen molar-refractivity contribution in [3.63, 3.8) is 0 Å². The van der Waals surface area contributed by atoms with Gasteiger partial charge in [-0.25, -0.2) is 22.6 Å². The van der Waals surface area contributed by atoms with E-state index in [1.807, 2.05) is 31.2 Å². The number of aromatic nitrogens is 1. The number of hydrogen-bond donors (Lipinski definition) is 3. The maximum absolute atomic E-state index is 15.1. The molecule has 2 aromatic carbocycles. The molecule has 6 aliphatic rings. The van der Waals surface area contributed by atoms with Crippen molar-refractivity contribution in [2.45, 2.75) is 120 Å². The summed E-state index contributed by atoms with van der Waals surface area (Å²) >= 11 is 0. The first-order chi connectivity index (χ1) is 30.0. The summed E-state index contributed by atoms with van der Waals surface area (Å²) in [7, 11) is -2.48. The zero-order chi connectivity index (χ0) is 44.4. The summed E-state index contributed by atoms with van der Waals surface area (Å²) in [4.78, 5) is 63.8. The lowest BCUT2D eigenvalue weighted by molar-refractivity contribution is -0.142. The highest BCUT2D eigenvalue weighted by atomic mass is 32.2. The van der Waals surface area contributed by atoms with E-state index >= 15 is 4.79 Å². The minimum absolute atomic E-state index is 0.0148. The van der Waals surface area contributed by atoms with Crippen LogP contribution >= 0.6 is 0 Å². The predicted octanol–water partition coefficient (Wildman–Crippen LogP) is 6.18. The summed E-state index contributed by atoms with van der Waals surface area (Å²) in [5.41, 5.74) is -0.441. The van der Waals surface area contributed by atoms with Crippen LogP contribution in [0.15, 0.2) is 60.7 Å². The number of methoxy groups -OCH3 is 1. The molecule has 4 aliphatic carbocycles. The Bertz CT molecular complexity index is 2450. The number of carbonyl (C=O) groups is 4. The van der Waals surface area contributed by atoms with Crippen molar-refractivity contribution in [3.8, 4) is 22.9 Å². The van der Waals surface area contributed by atoms with Crippen LogP contribution in [-0.2, 0) is 29.1 Å². The molecule has 16 heteroatoms. The van der Waals surface area contributed by atoms with Crippen molar-refractivity contribution in [2.75, 3.05) is 13.7 Å². The number of carbonyl (C=O) groups excluding carboxylic acids is 4. The first-order valence-corrected chi connectivity index (χ1v) is 23.8. The number of nitrogens with one attached hydrogen (secondary N) is 3. The van der Waals surface area contributed by atoms with Crippen molar-refractivity contribution < 1.29 is 46.2 Å². The van der Waals surface area contributed by atoms with Crippen molar-refractivity contribution in [2.24, 2.45) is 29.6 Å². The lowest BCUT2D eigenvalue weighted by Gasteiger charge is -2.33. The van der Waals surface area contributed by atoms with Crippen LogP contribution in [-0.4, -0.2) is 90.3 Å². The zero-order valence-electron chi connectivity index (χ0n) is 36.1. The molecule has 10 atom stereocenters. The molecule has 2 unspecified atom stereocenters. The summed E-state index contributed by atoms with van der Waals surface area (Å²) < 4.78 is 59.9. The first-order valence-electron chi connectivity index (χ1n) is 22.3. The van der Waals surface area contributed by atoms with E-state index in [2.05, 4.69) is 22.3 Å². The highest BCUT2D eigenvalue weighted by molar-refractivity contribution is 7.91. The van der Waals surface area contributed by atoms with Crippen LogP contribution in [0.3, 0.4) is 0 Å². The Kier molecular flexibility index (Phi) is 11.2. The van der Waals surface area contributed by atoms with Crippen molar-refractivity contribution in [3.05, 3.63) is 66.5 Å². The maximum atomic E-state index is 15.1. The van der Waals surface area contributed by atoms with Crippen LogP contribution in [0.25, 0.3) is 22.0 Å². The molecule has 3 heterocycles. The average Bonchev–Trinajstić information content (AvgIpc) is 4.21. The van der Waals surface area contributed by atoms with E-state index < -0.39 is 74.0 Å². The van der Waals surface area contributed by atoms with Crippen LogP contribution in [0.2, 0.25) is 0 Å². The number of allylic oxidation sites excluding steroid dienone is 1. The zero-order valence-corrected chi connectivity index (χ0v) is 36.9. The summed E-state index contributed by atoms with van der Waals surface area (Å²) in [6.45, 7) is 5.52. The van der Waals surface area contributed by atoms with Gasteiger partial charge in [-0.3, -0.25) is 19.1 Å². The molecule has 336 valence electrons. The monoisotopic (exact) mass is 885 g/mol. The molecule has 3 N–H and O–H groups in total. The minimum Gasteiger partial charge on any atom is -0.497 e. The molecule has 0 bridgehead atoms. The Morgan fingerprint density at radius 3 is 2.43 bits per heavy atom. The van der Waals surface area contributed by atoms with Crippen LogP contribution in [0, 0.1) is 35.4 Å². The lowest BCUT2D eigenvalue weighted by atomic mass is 9.88. The largest absolute Gasteiger partial charge is 0.497 e. The number of fused-ring (bicyclic) bond motifs is 4. The molecule has 2 aliphatic heterocycles. The smallest absolute Gasteiger partial charge is 0.408 e. The predicted molar refractivity (Wildman–Crippen MR) is 231 cm³/mol. The van der Waals surface area contributed by atoms with Gasteiger partial charge in [0.15, 0.2) is 0 Å². The van der Waals surface area contributed by atoms with E-state index in [-0.39, 0.29) is 43.2 Å². The van der Waals surface area contributed by atoms with Gasteiger partial charge in [-0.1, -0.05) is 26.0 Å². The second-order valence-electron chi connectivity index (χ2n) is 19.2. The van der Waals surface area contributed by atoms with E-state index in [1.54, 1.807) is 38.3 Å². The molecule has 14 nitrogen and oxygen atoms in total. The number of rotatable bonds is 9. The molecular weight excluding hydrogens is 830 g/mol. The molecule has 4 amide bonds. The number of benzene rings is 2. The minimum atomic E-state index is -4.03. The van der Waals surface area contributed by atoms with Crippen LogP contribution in [0.1, 0.15) is 85.0 Å². The number of sulfonamides is 1. The van der Waals surface area contributed by atoms with Gasteiger partial charge in [-0.2, -0.15) is 0 Å². The SMILES string of the molecule is COc1ccc2c(O[C@@H]3C[C@H]4C(=O)N[C@]5(C(=O)NS(=O)(=O)C6(C)CC6)CC5/C=C\CC[C@H](C)C[C@@H](C)[C@H](NC(=O)OC5C[C@@H]6C[C@@H]6C5)C(=O)N4C3)nc(-c3ccc(F)cc3)cc2c1. The normalized spacial score (nSPS) is 32.7. The number of ether oxygens (including phenoxy) is 3. The van der Waals surface area contributed by atoms with Crippen molar-refractivity contribution in [1.29, 1.82) is 0 Å². The number of alkyl carbamates (subject to hydrolysis) is 1. The fraction of sp³-hybridized carbons (Fsp3) is 0.553. The number of hydrogen-bond acceptors (Lipinski definition) is 10. The Morgan fingerprint density at radius 1 is 0.968 bits per heavy atom. The number of amides is 4. The second-order valence-corrected chi connectivity index (χ2v) is 21.4. The Balaban J connectivity index is 1.05. The molecule has 0 radical (unpaired) electrons. The van der Waals surface area contributed by atoms with Gasteiger partial charge in [-0.05, 0) is 142 Å². The van der Waals surface area contributed by atoms with E-state index in [0.717, 1.165) is 31.1 Å². The molecule has 3 aromatic rings. The molecule has 1 saturated heterocycles. The fourth-order valence-electron chi connectivity index (χ4n) is 10.0. The standard InChI is InChI=1S/C47H56FN5O9S/c1-26-7-5-6-8-32-24-47(32,44(56)52-63(58,59)46(3)15-16-46)51-41(54)39-23-36(25-53(39)43(55)40(27(2)17-26)50-45(57)62-35-19-29-18-30(29)20-35)61-42-37-14-13-34(60-4)21-31(37)22-38(49-42)28-9-11-33(48)12-10-28/h6,8-14,21-22,26-27,29-30,32,35-36,39-40H,5,7,15-20,23-25H2,1-4H3,(H,50,57)(H,51,54)(H,52,56)/b8-6-/t26-,27+,29-,30+,32?,35?,36+,39-,40-,47+/m0/s1. The highest BCUT2D eigenvalue weighted by Crippen LogP contribution is 2.52. The third-order valence-electron chi connectivity index (χ3n) is 14.4. The summed E-state index contributed by atoms with van der Waals surface area (Å²) in [5.74, 6) is -1.11. The van der Waals surface area contributed by atoms with E-state index in [0.29, 0.717) is 59.9 Å². The third-order valence-corrected chi connectivity index (χ3v) is 16.6. The van der Waals surface area contributed by atoms with Gasteiger partial charge < -0.3 is 29.7 Å². The van der Waals surface area contributed by atoms with Gasteiger partial charge in [0.1, 0.15) is 41.4 Å². The van der Waals surface area contributed by atoms with Gasteiger partial charge in [0.05, 0.1) is 24.1 Å². The topological polar surface area (TPSA) is 182 Å². The van der Waals surface area contributed by atoms with Crippen molar-refractivity contribution >= 4 is 44.6 Å². The van der Waals surface area contributed by atoms with E-state index in [9.17, 15) is 27.2 Å². The molecule has 63 heavy (non-hydrogen) atoms. The number of nitrogens with zero attached hydrogens (tertiary/aromatic N) is 2. The Hall–Kier alpha value is -5.25. The summed E-state index contributed by atoms with van der Waals surface area (Å²) in [6.07, 6.45) is 7.91. The second kappa shape index (κ2) is 16.4. The van der Waals surface area contributed by atoms with Gasteiger partial charge in [0, 0.05) is 23.3 Å². The first kappa shape index (κ1) is 43.0.